The van der Waals surface area contributed by atoms with Gasteiger partial charge in [0.05, 0.1) is 0 Å². The number of nitrogen functional groups attached to an aromatic ring is 1. The van der Waals surface area contributed by atoms with E-state index in [0.29, 0.717) is 0 Å². The molecule has 0 aliphatic carbocycles. The van der Waals surface area contributed by atoms with Gasteiger partial charge in [-0.3, -0.25) is 0 Å². The number of hydrogen-bond acceptors (Lipinski definition) is 2. The highest BCUT2D eigenvalue weighted by Gasteiger charge is 2.14. The molecule has 1 aromatic heterocycles. The van der Waals surface area contributed by atoms with Crippen molar-refractivity contribution in [3.05, 3.63) is 30.0 Å². The summed E-state index contributed by atoms with van der Waals surface area (Å²) in [5.41, 5.74) is 14.7. The average Bonchev–Trinajstić information content (AvgIpc) is 2.46. The first-order chi connectivity index (χ1) is 6.96. The Kier molecular flexibility index (Phi) is 2.20. The van der Waals surface area contributed by atoms with Crippen molar-refractivity contribution in [3.8, 4) is 0 Å². The fourth-order valence-electron chi connectivity index (χ4n) is 1.83. The van der Waals surface area contributed by atoms with Gasteiger partial charge in [0.15, 0.2) is 0 Å². The van der Waals surface area contributed by atoms with Crippen molar-refractivity contribution >= 4 is 16.6 Å². The number of H-pyrrole nitrogens is 1. The molecule has 15 heavy (non-hydrogen) atoms. The van der Waals surface area contributed by atoms with Crippen LogP contribution in [-0.2, 0) is 6.42 Å². The summed E-state index contributed by atoms with van der Waals surface area (Å²) in [6.07, 6.45) is 2.86. The van der Waals surface area contributed by atoms with E-state index in [1.165, 1.54) is 10.9 Å². The molecule has 0 amide bonds. The van der Waals surface area contributed by atoms with Gasteiger partial charge < -0.3 is 16.5 Å². The molecule has 0 saturated heterocycles. The van der Waals surface area contributed by atoms with E-state index in [-0.39, 0.29) is 5.54 Å². The average molecular weight is 203 g/mol. The predicted molar refractivity (Wildman–Crippen MR) is 64.7 cm³/mol. The minimum absolute atomic E-state index is 0.195. The van der Waals surface area contributed by atoms with Crippen molar-refractivity contribution in [1.82, 2.24) is 4.98 Å². The Morgan fingerprint density at radius 1 is 1.33 bits per heavy atom. The topological polar surface area (TPSA) is 67.8 Å². The van der Waals surface area contributed by atoms with Gasteiger partial charge in [-0.15, -0.1) is 0 Å². The van der Waals surface area contributed by atoms with E-state index in [1.54, 1.807) is 0 Å². The molecule has 0 atom stereocenters. The fraction of sp³-hybridized carbons (Fsp3) is 0.333. The van der Waals surface area contributed by atoms with E-state index in [4.69, 9.17) is 11.5 Å². The Morgan fingerprint density at radius 2 is 2.07 bits per heavy atom. The van der Waals surface area contributed by atoms with Crippen LogP contribution < -0.4 is 11.5 Å². The van der Waals surface area contributed by atoms with Crippen molar-refractivity contribution in [2.24, 2.45) is 5.73 Å². The lowest BCUT2D eigenvalue weighted by atomic mass is 9.96. The summed E-state index contributed by atoms with van der Waals surface area (Å²) < 4.78 is 0. The van der Waals surface area contributed by atoms with Crippen LogP contribution in [0.25, 0.3) is 10.9 Å². The van der Waals surface area contributed by atoms with Crippen LogP contribution in [0, 0.1) is 0 Å². The first kappa shape index (κ1) is 10.1. The van der Waals surface area contributed by atoms with Crippen LogP contribution in [0.4, 0.5) is 5.69 Å². The molecule has 80 valence electrons. The number of hydrogen-bond donors (Lipinski definition) is 3. The number of aromatic amines is 1. The minimum Gasteiger partial charge on any atom is -0.399 e. The van der Waals surface area contributed by atoms with Crippen LogP contribution in [0.3, 0.4) is 0 Å². The van der Waals surface area contributed by atoms with Gasteiger partial charge in [-0.25, -0.2) is 0 Å². The van der Waals surface area contributed by atoms with Gasteiger partial charge in [0.25, 0.3) is 0 Å². The lowest BCUT2D eigenvalue weighted by Gasteiger charge is -2.17. The maximum atomic E-state index is 6.01. The van der Waals surface area contributed by atoms with Crippen LogP contribution in [0.15, 0.2) is 24.4 Å². The van der Waals surface area contributed by atoms with Gasteiger partial charge in [0.2, 0.25) is 0 Å². The number of anilines is 1. The molecule has 3 nitrogen and oxygen atoms in total. The molecule has 0 spiro atoms. The van der Waals surface area contributed by atoms with Gasteiger partial charge >= 0.3 is 0 Å². The molecule has 0 radical (unpaired) electrons. The third kappa shape index (κ3) is 2.13. The summed E-state index contributed by atoms with van der Waals surface area (Å²) in [5, 5.41) is 1.17. The van der Waals surface area contributed by atoms with Crippen LogP contribution in [0.2, 0.25) is 0 Å². The zero-order valence-electron chi connectivity index (χ0n) is 9.17. The maximum Gasteiger partial charge on any atom is 0.0458 e. The molecule has 0 saturated carbocycles. The van der Waals surface area contributed by atoms with Gasteiger partial charge in [0, 0.05) is 28.3 Å². The highest BCUT2D eigenvalue weighted by Crippen LogP contribution is 2.23. The zero-order chi connectivity index (χ0) is 11.1. The second kappa shape index (κ2) is 3.28. The largest absolute Gasteiger partial charge is 0.399 e. The molecule has 0 unspecified atom stereocenters. The standard InChI is InChI=1S/C12H17N3/c1-12(2,14)6-8-7-15-11-4-3-9(13)5-10(8)11/h3-5,7,15H,6,13-14H2,1-2H3. The van der Waals surface area contributed by atoms with E-state index < -0.39 is 0 Å². The van der Waals surface area contributed by atoms with Crippen LogP contribution >= 0.6 is 0 Å². The van der Waals surface area contributed by atoms with E-state index in [2.05, 4.69) is 4.98 Å². The molecule has 2 aromatic rings. The Labute approximate surface area is 89.5 Å². The molecule has 0 fully saturated rings. The number of aromatic nitrogens is 1. The van der Waals surface area contributed by atoms with E-state index >= 15 is 0 Å². The smallest absolute Gasteiger partial charge is 0.0458 e. The van der Waals surface area contributed by atoms with Crippen LogP contribution in [0.5, 0.6) is 0 Å². The summed E-state index contributed by atoms with van der Waals surface area (Å²) in [4.78, 5) is 3.23. The second-order valence-electron chi connectivity index (χ2n) is 4.78. The summed E-state index contributed by atoms with van der Waals surface area (Å²) in [7, 11) is 0. The third-order valence-electron chi connectivity index (χ3n) is 2.44. The fourth-order valence-corrected chi connectivity index (χ4v) is 1.83. The Balaban J connectivity index is 2.48. The van der Waals surface area contributed by atoms with Crippen molar-refractivity contribution in [3.63, 3.8) is 0 Å². The Bertz CT molecular complexity index is 477. The van der Waals surface area contributed by atoms with E-state index in [0.717, 1.165) is 17.6 Å². The molecule has 3 heteroatoms. The summed E-state index contributed by atoms with van der Waals surface area (Å²) >= 11 is 0. The Morgan fingerprint density at radius 3 is 2.73 bits per heavy atom. The maximum absolute atomic E-state index is 6.01. The van der Waals surface area contributed by atoms with E-state index in [9.17, 15) is 0 Å². The quantitative estimate of drug-likeness (QED) is 0.654. The van der Waals surface area contributed by atoms with Gasteiger partial charge in [-0.2, -0.15) is 0 Å². The van der Waals surface area contributed by atoms with Crippen LogP contribution in [0.1, 0.15) is 19.4 Å². The van der Waals surface area contributed by atoms with Crippen molar-refractivity contribution in [2.45, 2.75) is 25.8 Å². The number of rotatable bonds is 2. The number of fused-ring (bicyclic) bond motifs is 1. The summed E-state index contributed by atoms with van der Waals surface area (Å²) in [5.74, 6) is 0. The molecule has 1 heterocycles. The molecule has 0 aliphatic rings. The first-order valence-electron chi connectivity index (χ1n) is 5.10. The van der Waals surface area contributed by atoms with Crippen molar-refractivity contribution in [1.29, 1.82) is 0 Å². The normalized spacial score (nSPS) is 12.2. The third-order valence-corrected chi connectivity index (χ3v) is 2.44. The molecule has 0 aliphatic heterocycles. The number of benzene rings is 1. The molecule has 2 rings (SSSR count). The molecular weight excluding hydrogens is 186 g/mol. The zero-order valence-corrected chi connectivity index (χ0v) is 9.17. The first-order valence-corrected chi connectivity index (χ1v) is 5.10. The molecular formula is C12H17N3. The van der Waals surface area contributed by atoms with Crippen molar-refractivity contribution < 1.29 is 0 Å². The van der Waals surface area contributed by atoms with Crippen LogP contribution in [-0.4, -0.2) is 10.5 Å². The lowest BCUT2D eigenvalue weighted by molar-refractivity contribution is 0.518. The monoisotopic (exact) mass is 203 g/mol. The Hall–Kier alpha value is -1.48. The van der Waals surface area contributed by atoms with Crippen molar-refractivity contribution in [2.75, 3.05) is 5.73 Å². The second-order valence-corrected chi connectivity index (χ2v) is 4.78. The van der Waals surface area contributed by atoms with Gasteiger partial charge in [-0.1, -0.05) is 0 Å². The van der Waals surface area contributed by atoms with Gasteiger partial charge in [0.1, 0.15) is 0 Å². The number of nitrogens with two attached hydrogens (primary N) is 2. The molecule has 0 bridgehead atoms. The SMILES string of the molecule is CC(C)(N)Cc1c[nH]c2ccc(N)cc12. The highest BCUT2D eigenvalue weighted by atomic mass is 14.7. The minimum atomic E-state index is -0.195. The highest BCUT2D eigenvalue weighted by molar-refractivity contribution is 5.86. The summed E-state index contributed by atoms with van der Waals surface area (Å²) in [6.45, 7) is 4.05. The predicted octanol–water partition coefficient (Wildman–Crippen LogP) is 2.03. The number of nitrogens with one attached hydrogen (secondary N) is 1. The molecule has 1 aromatic carbocycles. The van der Waals surface area contributed by atoms with Gasteiger partial charge in [-0.05, 0) is 44.0 Å². The summed E-state index contributed by atoms with van der Waals surface area (Å²) in [6, 6.07) is 5.89. The lowest BCUT2D eigenvalue weighted by Crippen LogP contribution is -2.34. The molecule has 5 N–H and O–H groups in total. The van der Waals surface area contributed by atoms with E-state index in [1.807, 2.05) is 38.2 Å².